The highest BCUT2D eigenvalue weighted by Gasteiger charge is 2.30. The van der Waals surface area contributed by atoms with E-state index in [2.05, 4.69) is 10.3 Å². The molecule has 0 fully saturated rings. The summed E-state index contributed by atoms with van der Waals surface area (Å²) in [5.74, 6) is -0.806. The molecule has 1 amide bonds. The van der Waals surface area contributed by atoms with Crippen molar-refractivity contribution in [2.45, 2.75) is 12.5 Å². The second-order valence-electron chi connectivity index (χ2n) is 4.49. The number of anilines is 1. The molecule has 5 heteroatoms. The Kier molecular flexibility index (Phi) is 3.16. The maximum absolute atomic E-state index is 12.1. The second-order valence-corrected chi connectivity index (χ2v) is 4.49. The fourth-order valence-electron chi connectivity index (χ4n) is 2.14. The zero-order valence-corrected chi connectivity index (χ0v) is 10.6. The number of aromatic nitrogens is 1. The molecule has 20 heavy (non-hydrogen) atoms. The summed E-state index contributed by atoms with van der Waals surface area (Å²) in [4.78, 5) is 27.9. The van der Waals surface area contributed by atoms with Gasteiger partial charge in [-0.2, -0.15) is 0 Å². The van der Waals surface area contributed by atoms with Gasteiger partial charge in [0.25, 0.3) is 5.91 Å². The third-order valence-corrected chi connectivity index (χ3v) is 3.11. The van der Waals surface area contributed by atoms with E-state index in [1.807, 2.05) is 12.1 Å². The Morgan fingerprint density at radius 1 is 1.25 bits per heavy atom. The van der Waals surface area contributed by atoms with Gasteiger partial charge in [0.2, 0.25) is 0 Å². The SMILES string of the molecule is O=C1OC(C(=O)Nc2cccnc2)Cc2ccccc21. The van der Waals surface area contributed by atoms with Gasteiger partial charge in [-0.15, -0.1) is 0 Å². The molecule has 1 N–H and O–H groups in total. The van der Waals surface area contributed by atoms with Crippen LogP contribution in [0.2, 0.25) is 0 Å². The lowest BCUT2D eigenvalue weighted by Gasteiger charge is -2.23. The molecule has 1 aliphatic rings. The van der Waals surface area contributed by atoms with Crippen molar-refractivity contribution in [2.75, 3.05) is 5.32 Å². The third-order valence-electron chi connectivity index (χ3n) is 3.11. The van der Waals surface area contributed by atoms with Gasteiger partial charge in [-0.3, -0.25) is 9.78 Å². The minimum Gasteiger partial charge on any atom is -0.448 e. The van der Waals surface area contributed by atoms with Gasteiger partial charge < -0.3 is 10.1 Å². The third kappa shape index (κ3) is 2.38. The normalized spacial score (nSPS) is 17.0. The number of cyclic esters (lactones) is 1. The maximum Gasteiger partial charge on any atom is 0.339 e. The Morgan fingerprint density at radius 2 is 2.10 bits per heavy atom. The summed E-state index contributed by atoms with van der Waals surface area (Å²) in [6, 6.07) is 10.6. The number of nitrogens with one attached hydrogen (secondary N) is 1. The number of ether oxygens (including phenoxy) is 1. The van der Waals surface area contributed by atoms with E-state index in [4.69, 9.17) is 4.74 Å². The molecule has 2 heterocycles. The predicted octanol–water partition coefficient (Wildman–Crippen LogP) is 1.80. The van der Waals surface area contributed by atoms with Crippen LogP contribution in [-0.2, 0) is 16.0 Å². The van der Waals surface area contributed by atoms with Gasteiger partial charge in [0.1, 0.15) is 0 Å². The van der Waals surface area contributed by atoms with E-state index in [0.717, 1.165) is 5.56 Å². The van der Waals surface area contributed by atoms with E-state index < -0.39 is 12.1 Å². The largest absolute Gasteiger partial charge is 0.448 e. The van der Waals surface area contributed by atoms with E-state index >= 15 is 0 Å². The van der Waals surface area contributed by atoms with Crippen molar-refractivity contribution in [3.8, 4) is 0 Å². The number of esters is 1. The van der Waals surface area contributed by atoms with Crippen LogP contribution in [0.4, 0.5) is 5.69 Å². The zero-order chi connectivity index (χ0) is 13.9. The number of rotatable bonds is 2. The van der Waals surface area contributed by atoms with E-state index in [-0.39, 0.29) is 5.91 Å². The van der Waals surface area contributed by atoms with Gasteiger partial charge in [0.05, 0.1) is 17.4 Å². The van der Waals surface area contributed by atoms with Crippen LogP contribution in [0.15, 0.2) is 48.8 Å². The molecule has 1 aromatic carbocycles. The predicted molar refractivity (Wildman–Crippen MR) is 72.2 cm³/mol. The Bertz CT molecular complexity index is 655. The average molecular weight is 268 g/mol. The van der Waals surface area contributed by atoms with E-state index in [1.165, 1.54) is 6.20 Å². The van der Waals surface area contributed by atoms with Gasteiger partial charge in [0.15, 0.2) is 6.10 Å². The van der Waals surface area contributed by atoms with Crippen molar-refractivity contribution in [3.63, 3.8) is 0 Å². The molecule has 0 radical (unpaired) electrons. The van der Waals surface area contributed by atoms with Crippen molar-refractivity contribution in [3.05, 3.63) is 59.9 Å². The standard InChI is InChI=1S/C15H12N2O3/c18-14(17-11-5-3-7-16-9-11)13-8-10-4-1-2-6-12(10)15(19)20-13/h1-7,9,13H,8H2,(H,17,18). The monoisotopic (exact) mass is 268 g/mol. The second kappa shape index (κ2) is 5.13. The van der Waals surface area contributed by atoms with Crippen LogP contribution < -0.4 is 5.32 Å². The first-order valence-corrected chi connectivity index (χ1v) is 6.24. The Labute approximate surface area is 115 Å². The van der Waals surface area contributed by atoms with Crippen LogP contribution in [-0.4, -0.2) is 23.0 Å². The van der Waals surface area contributed by atoms with Crippen LogP contribution in [0.5, 0.6) is 0 Å². The summed E-state index contributed by atoms with van der Waals surface area (Å²) >= 11 is 0. The molecule has 5 nitrogen and oxygen atoms in total. The highest BCUT2D eigenvalue weighted by Crippen LogP contribution is 2.21. The van der Waals surface area contributed by atoms with Crippen molar-refractivity contribution >= 4 is 17.6 Å². The summed E-state index contributed by atoms with van der Waals surface area (Å²) < 4.78 is 5.18. The van der Waals surface area contributed by atoms with Crippen molar-refractivity contribution < 1.29 is 14.3 Å². The van der Waals surface area contributed by atoms with E-state index in [1.54, 1.807) is 30.5 Å². The number of carbonyl (C=O) groups excluding carboxylic acids is 2. The summed E-state index contributed by atoms with van der Waals surface area (Å²) in [5.41, 5.74) is 1.93. The lowest BCUT2D eigenvalue weighted by Crippen LogP contribution is -2.37. The smallest absolute Gasteiger partial charge is 0.339 e. The molecule has 1 atom stereocenters. The summed E-state index contributed by atoms with van der Waals surface area (Å²) in [5, 5.41) is 2.68. The van der Waals surface area contributed by atoms with Crippen LogP contribution in [0, 0.1) is 0 Å². The topological polar surface area (TPSA) is 68.3 Å². The fourth-order valence-corrected chi connectivity index (χ4v) is 2.14. The number of hydrogen-bond donors (Lipinski definition) is 1. The van der Waals surface area contributed by atoms with Crippen LogP contribution >= 0.6 is 0 Å². The Balaban J connectivity index is 1.76. The number of amides is 1. The molecule has 0 saturated heterocycles. The van der Waals surface area contributed by atoms with Crippen LogP contribution in [0.3, 0.4) is 0 Å². The number of benzene rings is 1. The number of hydrogen-bond acceptors (Lipinski definition) is 4. The van der Waals surface area contributed by atoms with Gasteiger partial charge in [-0.05, 0) is 23.8 Å². The minimum absolute atomic E-state index is 0.346. The number of nitrogens with zero attached hydrogens (tertiary/aromatic N) is 1. The first kappa shape index (κ1) is 12.3. The molecule has 0 bridgehead atoms. The van der Waals surface area contributed by atoms with Crippen LogP contribution in [0.25, 0.3) is 0 Å². The van der Waals surface area contributed by atoms with Gasteiger partial charge in [0, 0.05) is 12.6 Å². The molecule has 2 aromatic rings. The lowest BCUT2D eigenvalue weighted by molar-refractivity contribution is -0.125. The molecule has 0 aliphatic carbocycles. The molecule has 1 aromatic heterocycles. The Hall–Kier alpha value is -2.69. The number of carbonyl (C=O) groups is 2. The highest BCUT2D eigenvalue weighted by atomic mass is 16.5. The number of fused-ring (bicyclic) bond motifs is 1. The average Bonchev–Trinajstić information content (AvgIpc) is 2.48. The van der Waals surface area contributed by atoms with Crippen molar-refractivity contribution in [2.24, 2.45) is 0 Å². The van der Waals surface area contributed by atoms with Crippen molar-refractivity contribution in [1.29, 1.82) is 0 Å². The van der Waals surface area contributed by atoms with E-state index in [0.29, 0.717) is 17.7 Å². The molecular formula is C15H12N2O3. The zero-order valence-electron chi connectivity index (χ0n) is 10.6. The molecule has 100 valence electrons. The summed E-state index contributed by atoms with van der Waals surface area (Å²) in [7, 11) is 0. The highest BCUT2D eigenvalue weighted by molar-refractivity contribution is 5.99. The molecular weight excluding hydrogens is 256 g/mol. The first-order chi connectivity index (χ1) is 9.74. The number of pyridine rings is 1. The minimum atomic E-state index is -0.808. The van der Waals surface area contributed by atoms with Gasteiger partial charge >= 0.3 is 5.97 Å². The maximum atomic E-state index is 12.1. The Morgan fingerprint density at radius 3 is 2.90 bits per heavy atom. The summed E-state index contributed by atoms with van der Waals surface area (Å²) in [6.45, 7) is 0. The molecule has 0 saturated carbocycles. The first-order valence-electron chi connectivity index (χ1n) is 6.24. The quantitative estimate of drug-likeness (QED) is 0.843. The van der Waals surface area contributed by atoms with Crippen LogP contribution in [0.1, 0.15) is 15.9 Å². The molecule has 3 rings (SSSR count). The van der Waals surface area contributed by atoms with Gasteiger partial charge in [-0.25, -0.2) is 4.79 Å². The lowest BCUT2D eigenvalue weighted by atomic mass is 9.98. The van der Waals surface area contributed by atoms with Crippen molar-refractivity contribution in [1.82, 2.24) is 4.98 Å². The molecule has 1 aliphatic heterocycles. The van der Waals surface area contributed by atoms with E-state index in [9.17, 15) is 9.59 Å². The molecule has 1 unspecified atom stereocenters. The van der Waals surface area contributed by atoms with Gasteiger partial charge in [-0.1, -0.05) is 18.2 Å². The fraction of sp³-hybridized carbons (Fsp3) is 0.133. The summed E-state index contributed by atoms with van der Waals surface area (Å²) in [6.07, 6.45) is 2.73. The molecule has 0 spiro atoms.